The van der Waals surface area contributed by atoms with Gasteiger partial charge < -0.3 is 4.90 Å². The number of benzene rings is 1. The molecule has 0 radical (unpaired) electrons. The molecule has 0 amide bonds. The molecule has 0 atom stereocenters. The molecule has 1 aromatic carbocycles. The Morgan fingerprint density at radius 1 is 1.39 bits per heavy atom. The van der Waals surface area contributed by atoms with E-state index in [9.17, 15) is 4.39 Å². The summed E-state index contributed by atoms with van der Waals surface area (Å²) in [7, 11) is 1.80. The minimum Gasteiger partial charge on any atom is -0.368 e. The van der Waals surface area contributed by atoms with E-state index < -0.39 is 0 Å². The number of rotatable bonds is 3. The van der Waals surface area contributed by atoms with Crippen molar-refractivity contribution in [1.82, 2.24) is 4.98 Å². The summed E-state index contributed by atoms with van der Waals surface area (Å²) in [6.07, 6.45) is 3.45. The fourth-order valence-electron chi connectivity index (χ4n) is 1.74. The van der Waals surface area contributed by atoms with E-state index in [1.54, 1.807) is 36.5 Å². The van der Waals surface area contributed by atoms with Gasteiger partial charge in [0, 0.05) is 26.0 Å². The van der Waals surface area contributed by atoms with Crippen LogP contribution in [0.5, 0.6) is 0 Å². The van der Waals surface area contributed by atoms with Crippen LogP contribution in [0.1, 0.15) is 11.1 Å². The van der Waals surface area contributed by atoms with Gasteiger partial charge in [0.15, 0.2) is 0 Å². The molecule has 0 N–H and O–H groups in total. The first-order valence-electron chi connectivity index (χ1n) is 5.50. The Morgan fingerprint density at radius 3 is 2.83 bits per heavy atom. The van der Waals surface area contributed by atoms with E-state index in [4.69, 9.17) is 5.26 Å². The Kier molecular flexibility index (Phi) is 3.54. The van der Waals surface area contributed by atoms with Gasteiger partial charge in [-0.15, -0.1) is 0 Å². The fourth-order valence-corrected chi connectivity index (χ4v) is 1.74. The molecule has 2 rings (SSSR count). The van der Waals surface area contributed by atoms with Crippen LogP contribution < -0.4 is 4.90 Å². The Labute approximate surface area is 105 Å². The van der Waals surface area contributed by atoms with Crippen LogP contribution in [0, 0.1) is 17.1 Å². The van der Waals surface area contributed by atoms with E-state index in [0.29, 0.717) is 17.8 Å². The van der Waals surface area contributed by atoms with Crippen molar-refractivity contribution in [1.29, 1.82) is 5.26 Å². The zero-order chi connectivity index (χ0) is 13.0. The van der Waals surface area contributed by atoms with Crippen LogP contribution in [0.15, 0.2) is 42.7 Å². The average Bonchev–Trinajstić information content (AvgIpc) is 2.39. The number of nitrogens with zero attached hydrogens (tertiary/aromatic N) is 3. The van der Waals surface area contributed by atoms with Crippen LogP contribution >= 0.6 is 0 Å². The molecule has 0 aliphatic carbocycles. The molecule has 90 valence electrons. The lowest BCUT2D eigenvalue weighted by atomic mass is 10.2. The van der Waals surface area contributed by atoms with Crippen LogP contribution in [0.4, 0.5) is 10.1 Å². The first-order chi connectivity index (χ1) is 8.70. The summed E-state index contributed by atoms with van der Waals surface area (Å²) in [6.45, 7) is 0.566. The van der Waals surface area contributed by atoms with Crippen molar-refractivity contribution >= 4 is 5.69 Å². The lowest BCUT2D eigenvalue weighted by Crippen LogP contribution is -2.17. The van der Waals surface area contributed by atoms with Gasteiger partial charge in [0.2, 0.25) is 0 Å². The number of nitriles is 1. The normalized spacial score (nSPS) is 9.83. The highest BCUT2D eigenvalue weighted by molar-refractivity contribution is 5.50. The van der Waals surface area contributed by atoms with Gasteiger partial charge in [-0.1, -0.05) is 6.07 Å². The third kappa shape index (κ3) is 2.64. The molecule has 0 unspecified atom stereocenters. The van der Waals surface area contributed by atoms with E-state index in [2.05, 4.69) is 4.98 Å². The van der Waals surface area contributed by atoms with Gasteiger partial charge in [-0.05, 0) is 29.8 Å². The second-order valence-corrected chi connectivity index (χ2v) is 4.00. The SMILES string of the molecule is CN(Cc1cccnc1)c1ccc(C#N)cc1F. The first kappa shape index (κ1) is 12.1. The Balaban J connectivity index is 2.19. The van der Waals surface area contributed by atoms with Crippen LogP contribution in [-0.2, 0) is 6.54 Å². The van der Waals surface area contributed by atoms with Crippen molar-refractivity contribution in [3.8, 4) is 6.07 Å². The molecule has 0 aliphatic heterocycles. The van der Waals surface area contributed by atoms with E-state index in [0.717, 1.165) is 5.56 Å². The molecule has 0 bridgehead atoms. The average molecular weight is 241 g/mol. The van der Waals surface area contributed by atoms with Crippen LogP contribution in [0.3, 0.4) is 0 Å². The topological polar surface area (TPSA) is 39.9 Å². The summed E-state index contributed by atoms with van der Waals surface area (Å²) in [4.78, 5) is 5.80. The molecular formula is C14H12FN3. The summed E-state index contributed by atoms with van der Waals surface area (Å²) < 4.78 is 13.8. The smallest absolute Gasteiger partial charge is 0.147 e. The molecule has 2 aromatic rings. The number of halogens is 1. The van der Waals surface area contributed by atoms with Crippen LogP contribution in [0.2, 0.25) is 0 Å². The Bertz CT molecular complexity index is 575. The lowest BCUT2D eigenvalue weighted by molar-refractivity contribution is 0.621. The second kappa shape index (κ2) is 5.28. The van der Waals surface area contributed by atoms with Crippen molar-refractivity contribution < 1.29 is 4.39 Å². The maximum atomic E-state index is 13.8. The van der Waals surface area contributed by atoms with Gasteiger partial charge in [-0.2, -0.15) is 5.26 Å². The molecule has 0 saturated heterocycles. The molecule has 4 heteroatoms. The fraction of sp³-hybridized carbons (Fsp3) is 0.143. The van der Waals surface area contributed by atoms with Gasteiger partial charge in [0.1, 0.15) is 5.82 Å². The van der Waals surface area contributed by atoms with Gasteiger partial charge >= 0.3 is 0 Å². The second-order valence-electron chi connectivity index (χ2n) is 4.00. The molecule has 0 aliphatic rings. The zero-order valence-electron chi connectivity index (χ0n) is 9.97. The molecule has 3 nitrogen and oxygen atoms in total. The Hall–Kier alpha value is -2.41. The van der Waals surface area contributed by atoms with E-state index >= 15 is 0 Å². The number of hydrogen-bond acceptors (Lipinski definition) is 3. The molecule has 0 saturated carbocycles. The van der Waals surface area contributed by atoms with Gasteiger partial charge in [0.05, 0.1) is 17.3 Å². The van der Waals surface area contributed by atoms with Crippen molar-refractivity contribution in [2.24, 2.45) is 0 Å². The molecule has 0 fully saturated rings. The van der Waals surface area contributed by atoms with E-state index in [-0.39, 0.29) is 5.82 Å². The Morgan fingerprint density at radius 2 is 2.22 bits per heavy atom. The molecule has 0 spiro atoms. The molecular weight excluding hydrogens is 229 g/mol. The molecule has 1 aromatic heterocycles. The van der Waals surface area contributed by atoms with Crippen molar-refractivity contribution in [2.45, 2.75) is 6.54 Å². The first-order valence-corrected chi connectivity index (χ1v) is 5.50. The number of pyridine rings is 1. The molecule has 18 heavy (non-hydrogen) atoms. The predicted molar refractivity (Wildman–Crippen MR) is 67.5 cm³/mol. The minimum absolute atomic E-state index is 0.325. The van der Waals surface area contributed by atoms with Crippen molar-refractivity contribution in [3.63, 3.8) is 0 Å². The number of anilines is 1. The minimum atomic E-state index is -0.388. The zero-order valence-corrected chi connectivity index (χ0v) is 9.97. The van der Waals surface area contributed by atoms with Crippen molar-refractivity contribution in [3.05, 3.63) is 59.7 Å². The van der Waals surface area contributed by atoms with Crippen molar-refractivity contribution in [2.75, 3.05) is 11.9 Å². The highest BCUT2D eigenvalue weighted by Gasteiger charge is 2.08. The largest absolute Gasteiger partial charge is 0.368 e. The summed E-state index contributed by atoms with van der Waals surface area (Å²) in [5.74, 6) is -0.388. The third-order valence-corrected chi connectivity index (χ3v) is 2.63. The van der Waals surface area contributed by atoms with Gasteiger partial charge in [-0.25, -0.2) is 4.39 Å². The predicted octanol–water partition coefficient (Wildman–Crippen LogP) is 2.73. The standard InChI is InChI=1S/C14H12FN3/c1-18(10-12-3-2-6-17-9-12)14-5-4-11(8-16)7-13(14)15/h2-7,9H,10H2,1H3. The summed E-state index contributed by atoms with van der Waals surface area (Å²) in [5.41, 5.74) is 1.80. The van der Waals surface area contributed by atoms with Crippen LogP contribution in [-0.4, -0.2) is 12.0 Å². The quantitative estimate of drug-likeness (QED) is 0.829. The number of aromatic nitrogens is 1. The number of hydrogen-bond donors (Lipinski definition) is 0. The van der Waals surface area contributed by atoms with Gasteiger partial charge in [-0.3, -0.25) is 4.98 Å². The maximum absolute atomic E-state index is 13.8. The van der Waals surface area contributed by atoms with E-state index in [1.807, 2.05) is 18.2 Å². The lowest BCUT2D eigenvalue weighted by Gasteiger charge is -2.19. The highest BCUT2D eigenvalue weighted by atomic mass is 19.1. The maximum Gasteiger partial charge on any atom is 0.147 e. The van der Waals surface area contributed by atoms with E-state index in [1.165, 1.54) is 6.07 Å². The van der Waals surface area contributed by atoms with Gasteiger partial charge in [0.25, 0.3) is 0 Å². The third-order valence-electron chi connectivity index (χ3n) is 2.63. The highest BCUT2D eigenvalue weighted by Crippen LogP contribution is 2.20. The monoisotopic (exact) mass is 241 g/mol. The summed E-state index contributed by atoms with van der Waals surface area (Å²) >= 11 is 0. The summed E-state index contributed by atoms with van der Waals surface area (Å²) in [5, 5.41) is 8.69. The summed E-state index contributed by atoms with van der Waals surface area (Å²) in [6, 6.07) is 10.2. The molecule has 1 heterocycles. The van der Waals surface area contributed by atoms with Crippen LogP contribution in [0.25, 0.3) is 0 Å².